The van der Waals surface area contributed by atoms with Gasteiger partial charge in [-0.15, -0.1) is 0 Å². The van der Waals surface area contributed by atoms with Crippen molar-refractivity contribution in [3.05, 3.63) is 45.2 Å². The Morgan fingerprint density at radius 1 is 1.13 bits per heavy atom. The first-order chi connectivity index (χ1) is 18.1. The lowest BCUT2D eigenvalue weighted by atomic mass is 9.71. The predicted octanol–water partition coefficient (Wildman–Crippen LogP) is 1.28. The fourth-order valence-corrected chi connectivity index (χ4v) is 6.96. The van der Waals surface area contributed by atoms with Crippen molar-refractivity contribution in [1.82, 2.24) is 15.1 Å². The topological polar surface area (TPSA) is 129 Å². The zero-order valence-electron chi connectivity index (χ0n) is 22.6. The van der Waals surface area contributed by atoms with E-state index in [2.05, 4.69) is 5.32 Å². The number of aliphatic hydroxyl groups excluding tert-OH is 1. The Hall–Kier alpha value is -3.21. The van der Waals surface area contributed by atoms with Crippen LogP contribution in [0.3, 0.4) is 0 Å². The Labute approximate surface area is 221 Å². The molecule has 0 radical (unpaired) electrons. The molecule has 5 rings (SSSR count). The third-order valence-corrected chi connectivity index (χ3v) is 8.71. The molecule has 1 aromatic carbocycles. The minimum absolute atomic E-state index is 0.00830. The van der Waals surface area contributed by atoms with E-state index in [1.54, 1.807) is 13.8 Å². The van der Waals surface area contributed by atoms with Gasteiger partial charge in [-0.25, -0.2) is 0 Å². The summed E-state index contributed by atoms with van der Waals surface area (Å²) < 4.78 is 10.9. The van der Waals surface area contributed by atoms with Crippen molar-refractivity contribution in [3.8, 4) is 11.5 Å². The molecule has 204 valence electrons. The number of allylic oxidation sites excluding steroid dienone is 2. The largest absolute Gasteiger partial charge is 0.504 e. The minimum atomic E-state index is -0.988. The van der Waals surface area contributed by atoms with E-state index in [0.717, 1.165) is 11.1 Å². The van der Waals surface area contributed by atoms with E-state index in [9.17, 15) is 24.6 Å². The fourth-order valence-electron chi connectivity index (χ4n) is 6.96. The lowest BCUT2D eigenvalue weighted by molar-refractivity contribution is -0.167. The molecule has 38 heavy (non-hydrogen) atoms. The third kappa shape index (κ3) is 3.61. The zero-order valence-corrected chi connectivity index (χ0v) is 22.6. The number of methoxy groups -OCH3 is 2. The van der Waals surface area contributed by atoms with Crippen LogP contribution in [0.4, 0.5) is 0 Å². The molecule has 10 heteroatoms. The normalized spacial score (nSPS) is 29.1. The maximum Gasteiger partial charge on any atom is 0.226 e. The van der Waals surface area contributed by atoms with Crippen LogP contribution in [-0.4, -0.2) is 89.7 Å². The van der Waals surface area contributed by atoms with E-state index in [4.69, 9.17) is 9.47 Å². The number of nitrogens with one attached hydrogen (secondary N) is 1. The van der Waals surface area contributed by atoms with Crippen LogP contribution in [0.1, 0.15) is 49.4 Å². The Morgan fingerprint density at radius 2 is 1.84 bits per heavy atom. The SMILES string of the molecule is CCC(=O)NC[C@H]1C2=C(C[C@H]3C4c5c(cc(C)c(OC)c5O)CC([C@H](O)N13)N4C)C(=O)C(C)=C(OC)C2=O. The van der Waals surface area contributed by atoms with Crippen LogP contribution >= 0.6 is 0 Å². The summed E-state index contributed by atoms with van der Waals surface area (Å²) in [4.78, 5) is 43.4. The summed E-state index contributed by atoms with van der Waals surface area (Å²) in [6.45, 7) is 5.23. The number of nitrogens with zero attached hydrogens (tertiary/aromatic N) is 2. The molecule has 1 amide bonds. The summed E-state index contributed by atoms with van der Waals surface area (Å²) in [6.07, 6.45) is -0.0631. The van der Waals surface area contributed by atoms with Crippen molar-refractivity contribution in [2.45, 2.75) is 70.4 Å². The number of rotatable bonds is 5. The third-order valence-electron chi connectivity index (χ3n) is 8.71. The van der Waals surface area contributed by atoms with Crippen LogP contribution in [0.25, 0.3) is 0 Å². The molecule has 0 aromatic heterocycles. The van der Waals surface area contributed by atoms with Gasteiger partial charge in [0.1, 0.15) is 6.23 Å². The molecule has 0 saturated carbocycles. The number of ketones is 2. The minimum Gasteiger partial charge on any atom is -0.504 e. The van der Waals surface area contributed by atoms with E-state index >= 15 is 0 Å². The molecule has 1 aromatic rings. The molecule has 3 aliphatic heterocycles. The lowest BCUT2D eigenvalue weighted by Crippen LogP contribution is -2.71. The molecule has 2 bridgehead atoms. The molecule has 0 spiro atoms. The van der Waals surface area contributed by atoms with Crippen LogP contribution in [0.15, 0.2) is 28.5 Å². The molecular weight excluding hydrogens is 490 g/mol. The highest BCUT2D eigenvalue weighted by atomic mass is 16.5. The molecule has 3 N–H and O–H groups in total. The second kappa shape index (κ2) is 9.52. The number of likely N-dealkylation sites (N-methyl/N-ethyl adjacent to an activating group) is 1. The van der Waals surface area contributed by atoms with Crippen LogP contribution in [0, 0.1) is 6.92 Å². The Balaban J connectivity index is 1.70. The zero-order chi connectivity index (χ0) is 27.6. The number of Topliss-reactive ketones (excluding diaryl/α,β-unsaturated/α-hetero) is 2. The molecule has 3 heterocycles. The number of piperazine rings is 1. The molecule has 1 aliphatic carbocycles. The Morgan fingerprint density at radius 3 is 2.47 bits per heavy atom. The Bertz CT molecular complexity index is 1300. The first-order valence-corrected chi connectivity index (χ1v) is 13.0. The summed E-state index contributed by atoms with van der Waals surface area (Å²) in [5.74, 6) is -0.438. The number of amides is 1. The molecule has 10 nitrogen and oxygen atoms in total. The smallest absolute Gasteiger partial charge is 0.226 e. The monoisotopic (exact) mass is 525 g/mol. The van der Waals surface area contributed by atoms with Gasteiger partial charge < -0.3 is 25.0 Å². The van der Waals surface area contributed by atoms with Gasteiger partial charge >= 0.3 is 0 Å². The van der Waals surface area contributed by atoms with Crippen molar-refractivity contribution >= 4 is 17.5 Å². The summed E-state index contributed by atoms with van der Waals surface area (Å²) in [5, 5.41) is 26.0. The van der Waals surface area contributed by atoms with Gasteiger partial charge in [0.05, 0.1) is 32.3 Å². The number of fused-ring (bicyclic) bond motifs is 6. The van der Waals surface area contributed by atoms with Gasteiger partial charge in [-0.2, -0.15) is 0 Å². The number of aryl methyl sites for hydroxylation is 1. The van der Waals surface area contributed by atoms with Crippen molar-refractivity contribution in [3.63, 3.8) is 0 Å². The van der Waals surface area contributed by atoms with E-state index in [1.807, 2.05) is 29.8 Å². The van der Waals surface area contributed by atoms with E-state index in [1.165, 1.54) is 14.2 Å². The summed E-state index contributed by atoms with van der Waals surface area (Å²) in [7, 11) is 4.78. The number of aromatic hydroxyl groups is 1. The van der Waals surface area contributed by atoms with Crippen LogP contribution in [0.2, 0.25) is 0 Å². The van der Waals surface area contributed by atoms with Crippen molar-refractivity contribution < 1.29 is 34.1 Å². The number of carbonyl (C=O) groups is 3. The number of aliphatic hydroxyl groups is 1. The van der Waals surface area contributed by atoms with Crippen LogP contribution < -0.4 is 10.1 Å². The first kappa shape index (κ1) is 26.4. The number of carbonyl (C=O) groups excluding carboxylic acids is 3. The van der Waals surface area contributed by atoms with Gasteiger partial charge in [0.15, 0.2) is 23.0 Å². The van der Waals surface area contributed by atoms with Gasteiger partial charge in [0, 0.05) is 41.3 Å². The summed E-state index contributed by atoms with van der Waals surface area (Å²) in [6, 6.07) is 0.0494. The van der Waals surface area contributed by atoms with Gasteiger partial charge in [-0.05, 0) is 44.9 Å². The average molecular weight is 526 g/mol. The number of hydrogen-bond donors (Lipinski definition) is 3. The standard InChI is InChI=1S/C28H35N3O7/c1-7-19(32)29-11-18-21-15(23(33)13(3)27(38-6)25(21)35)10-16-22-20-14(8-12(2)26(37-5)24(20)34)9-17(30(22)4)28(36)31(16)18/h8,16-18,22,28,34,36H,7,9-11H2,1-6H3,(H,29,32)/t16-,17?,18-,22?,28-/m0/s1. The molecular formula is C28H35N3O7. The first-order valence-electron chi connectivity index (χ1n) is 13.0. The molecule has 1 saturated heterocycles. The van der Waals surface area contributed by atoms with Crippen molar-refractivity contribution in [1.29, 1.82) is 0 Å². The number of phenolic OH excluding ortho intramolecular Hbond substituents is 1. The maximum absolute atomic E-state index is 13.7. The summed E-state index contributed by atoms with van der Waals surface area (Å²) in [5.41, 5.74) is 3.30. The molecule has 4 aliphatic rings. The number of hydrogen-bond acceptors (Lipinski definition) is 9. The second-order valence-electron chi connectivity index (χ2n) is 10.5. The number of phenols is 1. The fraction of sp³-hybridized carbons (Fsp3) is 0.536. The van der Waals surface area contributed by atoms with Crippen LogP contribution in [0.5, 0.6) is 11.5 Å². The molecule has 1 fully saturated rings. The maximum atomic E-state index is 13.7. The molecule has 5 atom stereocenters. The highest BCUT2D eigenvalue weighted by Gasteiger charge is 2.57. The predicted molar refractivity (Wildman–Crippen MR) is 137 cm³/mol. The number of ether oxygens (including phenoxy) is 2. The lowest BCUT2D eigenvalue weighted by Gasteiger charge is -2.60. The van der Waals surface area contributed by atoms with Gasteiger partial charge in [0.2, 0.25) is 11.7 Å². The van der Waals surface area contributed by atoms with Crippen molar-refractivity contribution in [2.75, 3.05) is 27.8 Å². The Kier molecular flexibility index (Phi) is 6.61. The van der Waals surface area contributed by atoms with E-state index in [0.29, 0.717) is 23.3 Å². The van der Waals surface area contributed by atoms with E-state index in [-0.39, 0.29) is 59.8 Å². The second-order valence-corrected chi connectivity index (χ2v) is 10.5. The van der Waals surface area contributed by atoms with Crippen LogP contribution in [-0.2, 0) is 25.5 Å². The van der Waals surface area contributed by atoms with Gasteiger partial charge in [-0.3, -0.25) is 24.2 Å². The number of benzene rings is 1. The highest BCUT2D eigenvalue weighted by Crippen LogP contribution is 2.53. The van der Waals surface area contributed by atoms with Gasteiger partial charge in [0.25, 0.3) is 0 Å². The van der Waals surface area contributed by atoms with Gasteiger partial charge in [-0.1, -0.05) is 13.0 Å². The molecule has 2 unspecified atom stereocenters. The summed E-state index contributed by atoms with van der Waals surface area (Å²) >= 11 is 0. The van der Waals surface area contributed by atoms with E-state index < -0.39 is 30.1 Å². The van der Waals surface area contributed by atoms with Crippen molar-refractivity contribution in [2.24, 2.45) is 0 Å². The quantitative estimate of drug-likeness (QED) is 0.487. The average Bonchev–Trinajstić information content (AvgIpc) is 2.89. The highest BCUT2D eigenvalue weighted by molar-refractivity contribution is 6.25.